The van der Waals surface area contributed by atoms with Crippen molar-refractivity contribution < 1.29 is 24.2 Å². The minimum atomic E-state index is -0.834. The summed E-state index contributed by atoms with van der Waals surface area (Å²) in [4.78, 5) is 38.1. The molecule has 0 amide bonds. The number of nitrogens with zero attached hydrogens (tertiary/aromatic N) is 2. The van der Waals surface area contributed by atoms with E-state index in [1.54, 1.807) is 13.2 Å². The van der Waals surface area contributed by atoms with Crippen LogP contribution in [0, 0.1) is 0 Å². The first-order chi connectivity index (χ1) is 11.4. The van der Waals surface area contributed by atoms with Crippen molar-refractivity contribution in [2.24, 2.45) is 7.05 Å². The second-order valence-corrected chi connectivity index (χ2v) is 5.07. The third-order valence-corrected chi connectivity index (χ3v) is 3.58. The van der Waals surface area contributed by atoms with E-state index in [9.17, 15) is 19.5 Å². The lowest BCUT2D eigenvalue weighted by Gasteiger charge is -2.16. The van der Waals surface area contributed by atoms with Gasteiger partial charge in [-0.3, -0.25) is 14.3 Å². The Hall–Kier alpha value is -3.10. The average molecular weight is 335 g/mol. The first-order valence-electron chi connectivity index (χ1n) is 6.97. The molecule has 0 bridgehead atoms. The highest BCUT2D eigenvalue weighted by atomic mass is 16.5. The van der Waals surface area contributed by atoms with Crippen LogP contribution >= 0.6 is 0 Å². The van der Waals surface area contributed by atoms with E-state index in [0.717, 1.165) is 13.3 Å². The van der Waals surface area contributed by atoms with Crippen molar-refractivity contribution >= 4 is 11.9 Å². The maximum absolute atomic E-state index is 12.2. The highest BCUT2D eigenvalue weighted by Crippen LogP contribution is 2.33. The van der Waals surface area contributed by atoms with Crippen molar-refractivity contribution in [1.82, 2.24) is 14.8 Å². The SMILES string of the molecule is COC(=O)CC(c1cnn(C)c1)c1c(O)c(C(=O)OC)c[nH]c1=O. The number of nitrogens with one attached hydrogen (secondary N) is 1. The van der Waals surface area contributed by atoms with Gasteiger partial charge in [-0.25, -0.2) is 4.79 Å². The van der Waals surface area contributed by atoms with Gasteiger partial charge >= 0.3 is 11.9 Å². The average Bonchev–Trinajstić information content (AvgIpc) is 2.99. The lowest BCUT2D eigenvalue weighted by Crippen LogP contribution is -2.21. The third kappa shape index (κ3) is 3.29. The Balaban J connectivity index is 2.63. The fourth-order valence-corrected chi connectivity index (χ4v) is 2.38. The number of aromatic nitrogens is 3. The van der Waals surface area contributed by atoms with Gasteiger partial charge in [0, 0.05) is 25.4 Å². The van der Waals surface area contributed by atoms with Crippen LogP contribution in [0.2, 0.25) is 0 Å². The Morgan fingerprint density at radius 1 is 1.38 bits per heavy atom. The molecule has 24 heavy (non-hydrogen) atoms. The molecular formula is C15H17N3O6. The molecule has 2 heterocycles. The number of methoxy groups -OCH3 is 2. The monoisotopic (exact) mass is 335 g/mol. The zero-order chi connectivity index (χ0) is 17.9. The van der Waals surface area contributed by atoms with Crippen molar-refractivity contribution in [2.75, 3.05) is 14.2 Å². The number of pyridine rings is 1. The molecule has 0 saturated heterocycles. The number of H-pyrrole nitrogens is 1. The fraction of sp³-hybridized carbons (Fsp3) is 0.333. The van der Waals surface area contributed by atoms with Crippen LogP contribution in [0.4, 0.5) is 0 Å². The summed E-state index contributed by atoms with van der Waals surface area (Å²) in [6.45, 7) is 0. The maximum atomic E-state index is 12.2. The molecule has 9 nitrogen and oxygen atoms in total. The molecule has 0 aliphatic carbocycles. The third-order valence-electron chi connectivity index (χ3n) is 3.58. The van der Waals surface area contributed by atoms with Crippen LogP contribution in [0.3, 0.4) is 0 Å². The van der Waals surface area contributed by atoms with Gasteiger partial charge in [-0.2, -0.15) is 5.10 Å². The second-order valence-electron chi connectivity index (χ2n) is 5.07. The fourth-order valence-electron chi connectivity index (χ4n) is 2.38. The van der Waals surface area contributed by atoms with Gasteiger partial charge in [-0.05, 0) is 5.56 Å². The van der Waals surface area contributed by atoms with Gasteiger partial charge in [0.2, 0.25) is 0 Å². The van der Waals surface area contributed by atoms with Crippen LogP contribution in [0.1, 0.15) is 33.8 Å². The second kappa shape index (κ2) is 6.99. The molecule has 0 radical (unpaired) electrons. The Morgan fingerprint density at radius 2 is 2.08 bits per heavy atom. The summed E-state index contributed by atoms with van der Waals surface area (Å²) in [5.41, 5.74) is -0.439. The molecule has 0 aliphatic rings. The van der Waals surface area contributed by atoms with Crippen LogP contribution in [0.15, 0.2) is 23.4 Å². The molecule has 2 N–H and O–H groups in total. The van der Waals surface area contributed by atoms with Crippen molar-refractivity contribution in [1.29, 1.82) is 0 Å². The molecule has 1 unspecified atom stereocenters. The number of carbonyl (C=O) groups is 2. The Labute approximate surface area is 136 Å². The van der Waals surface area contributed by atoms with Gasteiger partial charge in [-0.15, -0.1) is 0 Å². The van der Waals surface area contributed by atoms with E-state index in [1.807, 2.05) is 0 Å². The van der Waals surface area contributed by atoms with Crippen LogP contribution in [0.25, 0.3) is 0 Å². The molecule has 0 aliphatic heterocycles. The topological polar surface area (TPSA) is 124 Å². The normalized spacial score (nSPS) is 11.8. The first-order valence-corrected chi connectivity index (χ1v) is 6.97. The number of aromatic amines is 1. The van der Waals surface area contributed by atoms with E-state index in [0.29, 0.717) is 5.56 Å². The van der Waals surface area contributed by atoms with Crippen LogP contribution in [0.5, 0.6) is 5.75 Å². The molecule has 2 aromatic heterocycles. The van der Waals surface area contributed by atoms with Gasteiger partial charge in [-0.1, -0.05) is 0 Å². The summed E-state index contributed by atoms with van der Waals surface area (Å²) in [5, 5.41) is 14.4. The van der Waals surface area contributed by atoms with Crippen molar-refractivity contribution in [2.45, 2.75) is 12.3 Å². The maximum Gasteiger partial charge on any atom is 0.343 e. The molecule has 2 aromatic rings. The highest BCUT2D eigenvalue weighted by molar-refractivity contribution is 5.92. The molecule has 128 valence electrons. The van der Waals surface area contributed by atoms with Gasteiger partial charge in [0.1, 0.15) is 11.3 Å². The highest BCUT2D eigenvalue weighted by Gasteiger charge is 2.29. The van der Waals surface area contributed by atoms with E-state index in [1.165, 1.54) is 18.0 Å². The predicted octanol–water partition coefficient (Wildman–Crippen LogP) is 0.296. The Bertz CT molecular complexity index is 823. The summed E-state index contributed by atoms with van der Waals surface area (Å²) in [6.07, 6.45) is 3.93. The van der Waals surface area contributed by atoms with Gasteiger partial charge < -0.3 is 19.6 Å². The predicted molar refractivity (Wildman–Crippen MR) is 81.8 cm³/mol. The first kappa shape index (κ1) is 17.3. The Morgan fingerprint density at radius 3 is 2.62 bits per heavy atom. The number of esters is 2. The zero-order valence-corrected chi connectivity index (χ0v) is 13.4. The van der Waals surface area contributed by atoms with E-state index in [4.69, 9.17) is 0 Å². The molecular weight excluding hydrogens is 318 g/mol. The quantitative estimate of drug-likeness (QED) is 0.753. The summed E-state index contributed by atoms with van der Waals surface area (Å²) < 4.78 is 10.7. The number of carbonyl (C=O) groups excluding carboxylic acids is 2. The standard InChI is InChI=1S/C15H17N3O6/c1-18-7-8(5-17-18)9(4-11(19)23-2)12-13(20)10(15(22)24-3)6-16-14(12)21/h5-7,9H,4H2,1-3H3,(H2,16,20,21). The number of hydrogen-bond donors (Lipinski definition) is 2. The zero-order valence-electron chi connectivity index (χ0n) is 13.4. The van der Waals surface area contributed by atoms with Crippen LogP contribution < -0.4 is 5.56 Å². The van der Waals surface area contributed by atoms with Gasteiger partial charge in [0.05, 0.1) is 32.4 Å². The van der Waals surface area contributed by atoms with Gasteiger partial charge in [0.25, 0.3) is 5.56 Å². The summed E-state index contributed by atoms with van der Waals surface area (Å²) in [7, 11) is 4.05. The largest absolute Gasteiger partial charge is 0.506 e. The van der Waals surface area contributed by atoms with Crippen LogP contribution in [-0.2, 0) is 21.3 Å². The molecule has 0 spiro atoms. The summed E-state index contributed by atoms with van der Waals surface area (Å²) in [6, 6.07) is 0. The number of ether oxygens (including phenoxy) is 2. The van der Waals surface area contributed by atoms with Crippen molar-refractivity contribution in [3.63, 3.8) is 0 Å². The van der Waals surface area contributed by atoms with Crippen LogP contribution in [-0.4, -0.2) is 46.0 Å². The van der Waals surface area contributed by atoms with E-state index in [-0.39, 0.29) is 17.5 Å². The molecule has 0 saturated carbocycles. The summed E-state index contributed by atoms with van der Waals surface area (Å²) in [5.74, 6) is -2.76. The minimum Gasteiger partial charge on any atom is -0.506 e. The lowest BCUT2D eigenvalue weighted by atomic mass is 9.89. The Kier molecular flexibility index (Phi) is 5.02. The molecule has 2 rings (SSSR count). The van der Waals surface area contributed by atoms with Crippen molar-refractivity contribution in [3.8, 4) is 5.75 Å². The smallest absolute Gasteiger partial charge is 0.343 e. The van der Waals surface area contributed by atoms with E-state index in [2.05, 4.69) is 19.6 Å². The van der Waals surface area contributed by atoms with Gasteiger partial charge in [0.15, 0.2) is 0 Å². The minimum absolute atomic E-state index is 0.128. The van der Waals surface area contributed by atoms with E-state index >= 15 is 0 Å². The number of rotatable bonds is 5. The van der Waals surface area contributed by atoms with Crippen molar-refractivity contribution in [3.05, 3.63) is 45.6 Å². The number of aryl methyl sites for hydroxylation is 1. The molecule has 1 atom stereocenters. The number of hydrogen-bond acceptors (Lipinski definition) is 7. The molecule has 0 fully saturated rings. The lowest BCUT2D eigenvalue weighted by molar-refractivity contribution is -0.140. The number of aromatic hydroxyl groups is 1. The summed E-state index contributed by atoms with van der Waals surface area (Å²) >= 11 is 0. The molecule has 0 aromatic carbocycles. The molecule has 9 heteroatoms. The van der Waals surface area contributed by atoms with E-state index < -0.39 is 29.2 Å².